The molecule has 0 saturated carbocycles. The van der Waals surface area contributed by atoms with Crippen molar-refractivity contribution in [2.45, 2.75) is 51.7 Å². The second kappa shape index (κ2) is 6.11. The van der Waals surface area contributed by atoms with Crippen molar-refractivity contribution in [3.63, 3.8) is 0 Å². The minimum Gasteiger partial charge on any atom is -0.417 e. The van der Waals surface area contributed by atoms with E-state index in [2.05, 4.69) is 43.8 Å². The minimum absolute atomic E-state index is 0.265. The Morgan fingerprint density at radius 1 is 1.33 bits per heavy atom. The van der Waals surface area contributed by atoms with Crippen LogP contribution < -0.4 is 0 Å². The summed E-state index contributed by atoms with van der Waals surface area (Å²) in [5, 5.41) is 1.89. The number of nitrogens with one attached hydrogen (secondary N) is 1. The number of rotatable bonds is 5. The molecule has 0 fully saturated rings. The molecule has 1 N–H and O–H groups in total. The van der Waals surface area contributed by atoms with Crippen molar-refractivity contribution in [3.05, 3.63) is 29.2 Å². The molecule has 0 atom stereocenters. The number of halogens is 1. The fourth-order valence-corrected chi connectivity index (χ4v) is 3.47. The monoisotopic (exact) mass is 324 g/mol. The Kier molecular flexibility index (Phi) is 4.81. The lowest BCUT2D eigenvalue weighted by atomic mass is 10.1. The number of aromatic nitrogens is 2. The fraction of sp³-hybridized carbons (Fsp3) is 0.562. The topological polar surface area (TPSA) is 37.9 Å². The van der Waals surface area contributed by atoms with E-state index in [1.165, 1.54) is 5.56 Å². The number of fused-ring (bicyclic) bond motifs is 1. The Labute approximate surface area is 133 Å². The summed E-state index contributed by atoms with van der Waals surface area (Å²) in [5.41, 5.74) is 2.28. The van der Waals surface area contributed by atoms with E-state index in [4.69, 9.17) is 16.0 Å². The van der Waals surface area contributed by atoms with E-state index >= 15 is 0 Å². The van der Waals surface area contributed by atoms with Crippen LogP contribution in [0.3, 0.4) is 0 Å². The van der Waals surface area contributed by atoms with Crippen LogP contribution in [0.5, 0.6) is 0 Å². The summed E-state index contributed by atoms with van der Waals surface area (Å²) in [5.74, 6) is 0. The third kappa shape index (κ3) is 3.68. The highest BCUT2D eigenvalue weighted by Gasteiger charge is 2.36. The third-order valence-corrected chi connectivity index (χ3v) is 9.31. The van der Waals surface area contributed by atoms with Gasteiger partial charge in [-0.15, -0.1) is 0 Å². The quantitative estimate of drug-likeness (QED) is 0.468. The van der Waals surface area contributed by atoms with E-state index in [0.717, 1.165) is 30.4 Å². The molecule has 0 aliphatic carbocycles. The Hall–Kier alpha value is -0.843. The molecule has 2 rings (SSSR count). The standard InChI is InChI=1S/C16H25ClN2OSi/c1-16(2,3)21(4,5)20-10-6-7-12-11-19-13-8-9-18-15(17)14(12)13/h8-9,11,19H,6-7,10H2,1-5H3. The molecule has 2 aromatic heterocycles. The van der Waals surface area contributed by atoms with Crippen molar-refractivity contribution in [2.75, 3.05) is 6.61 Å². The van der Waals surface area contributed by atoms with Crippen molar-refractivity contribution in [2.24, 2.45) is 0 Å². The lowest BCUT2D eigenvalue weighted by molar-refractivity contribution is 0.282. The van der Waals surface area contributed by atoms with Gasteiger partial charge in [-0.3, -0.25) is 0 Å². The van der Waals surface area contributed by atoms with Gasteiger partial charge in [0.2, 0.25) is 0 Å². The van der Waals surface area contributed by atoms with Gasteiger partial charge in [0, 0.05) is 24.4 Å². The third-order valence-electron chi connectivity index (χ3n) is 4.49. The molecule has 0 radical (unpaired) electrons. The summed E-state index contributed by atoms with van der Waals surface area (Å²) in [4.78, 5) is 7.41. The Morgan fingerprint density at radius 2 is 2.05 bits per heavy atom. The molecular formula is C16H25ClN2OSi. The van der Waals surface area contributed by atoms with Gasteiger partial charge in [0.15, 0.2) is 8.32 Å². The van der Waals surface area contributed by atoms with Gasteiger partial charge in [-0.1, -0.05) is 32.4 Å². The van der Waals surface area contributed by atoms with Crippen LogP contribution in [0.25, 0.3) is 10.9 Å². The van der Waals surface area contributed by atoms with Gasteiger partial charge in [0.1, 0.15) is 5.15 Å². The van der Waals surface area contributed by atoms with Crippen LogP contribution in [0.15, 0.2) is 18.5 Å². The summed E-state index contributed by atoms with van der Waals surface area (Å²) in [6.07, 6.45) is 5.72. The van der Waals surface area contributed by atoms with E-state index in [1.54, 1.807) is 6.20 Å². The lowest BCUT2D eigenvalue weighted by Crippen LogP contribution is -2.41. The summed E-state index contributed by atoms with van der Waals surface area (Å²) in [6.45, 7) is 12.2. The lowest BCUT2D eigenvalue weighted by Gasteiger charge is -2.36. The maximum Gasteiger partial charge on any atom is 0.191 e. The molecule has 0 saturated heterocycles. The first-order chi connectivity index (χ1) is 9.72. The highest BCUT2D eigenvalue weighted by atomic mass is 35.5. The summed E-state index contributed by atoms with van der Waals surface area (Å²) >= 11 is 6.19. The van der Waals surface area contributed by atoms with E-state index in [-0.39, 0.29) is 5.04 Å². The van der Waals surface area contributed by atoms with Crippen LogP contribution >= 0.6 is 11.6 Å². The molecular weight excluding hydrogens is 300 g/mol. The predicted molar refractivity (Wildman–Crippen MR) is 92.6 cm³/mol. The molecule has 0 spiro atoms. The largest absolute Gasteiger partial charge is 0.417 e. The number of pyridine rings is 1. The number of H-pyrrole nitrogens is 1. The number of nitrogens with zero attached hydrogens (tertiary/aromatic N) is 1. The Bertz CT molecular complexity index is 616. The maximum atomic E-state index is 6.21. The van der Waals surface area contributed by atoms with Gasteiger partial charge in [-0.05, 0) is 42.6 Å². The average Bonchev–Trinajstić information content (AvgIpc) is 2.78. The molecule has 2 aromatic rings. The number of hydrogen-bond acceptors (Lipinski definition) is 2. The molecule has 21 heavy (non-hydrogen) atoms. The van der Waals surface area contributed by atoms with Crippen molar-refractivity contribution in [3.8, 4) is 0 Å². The first-order valence-electron chi connectivity index (χ1n) is 7.47. The number of hydrogen-bond donors (Lipinski definition) is 1. The number of aromatic amines is 1. The average molecular weight is 325 g/mol. The van der Waals surface area contributed by atoms with E-state index in [9.17, 15) is 0 Å². The molecule has 3 nitrogen and oxygen atoms in total. The van der Waals surface area contributed by atoms with E-state index in [1.807, 2.05) is 12.3 Å². The van der Waals surface area contributed by atoms with Crippen LogP contribution in [0.2, 0.25) is 23.3 Å². The normalized spacial score (nSPS) is 13.0. The van der Waals surface area contributed by atoms with Gasteiger partial charge in [-0.2, -0.15) is 0 Å². The van der Waals surface area contributed by atoms with Gasteiger partial charge in [-0.25, -0.2) is 4.98 Å². The summed E-state index contributed by atoms with van der Waals surface area (Å²) < 4.78 is 6.21. The van der Waals surface area contributed by atoms with Crippen molar-refractivity contribution < 1.29 is 4.43 Å². The van der Waals surface area contributed by atoms with Crippen LogP contribution in [0.4, 0.5) is 0 Å². The zero-order chi connectivity index (χ0) is 15.7. The fourth-order valence-electron chi connectivity index (χ4n) is 2.10. The first-order valence-corrected chi connectivity index (χ1v) is 10.8. The van der Waals surface area contributed by atoms with Crippen LogP contribution in [0.1, 0.15) is 32.8 Å². The summed E-state index contributed by atoms with van der Waals surface area (Å²) in [6, 6.07) is 1.96. The molecule has 116 valence electrons. The van der Waals surface area contributed by atoms with Gasteiger partial charge in [0.25, 0.3) is 0 Å². The molecule has 0 amide bonds. The van der Waals surface area contributed by atoms with Crippen LogP contribution in [-0.4, -0.2) is 24.9 Å². The summed E-state index contributed by atoms with van der Waals surface area (Å²) in [7, 11) is -1.64. The highest BCUT2D eigenvalue weighted by Crippen LogP contribution is 2.36. The second-order valence-electron chi connectivity index (χ2n) is 7.05. The maximum absolute atomic E-state index is 6.21. The van der Waals surface area contributed by atoms with Crippen LogP contribution in [-0.2, 0) is 10.8 Å². The molecule has 5 heteroatoms. The van der Waals surface area contributed by atoms with Gasteiger partial charge < -0.3 is 9.41 Å². The Balaban J connectivity index is 1.95. The van der Waals surface area contributed by atoms with E-state index in [0.29, 0.717) is 5.15 Å². The molecule has 0 aliphatic rings. The minimum atomic E-state index is -1.64. The van der Waals surface area contributed by atoms with Gasteiger partial charge >= 0.3 is 0 Å². The SMILES string of the molecule is CC(C)(C)[Si](C)(C)OCCCc1c[nH]c2ccnc(Cl)c12. The number of aryl methyl sites for hydroxylation is 1. The highest BCUT2D eigenvalue weighted by molar-refractivity contribution is 6.74. The molecule has 2 heterocycles. The van der Waals surface area contributed by atoms with E-state index < -0.39 is 8.32 Å². The predicted octanol–water partition coefficient (Wildman–Crippen LogP) is 5.17. The molecule has 0 bridgehead atoms. The Morgan fingerprint density at radius 3 is 2.71 bits per heavy atom. The molecule has 0 unspecified atom stereocenters. The first kappa shape index (κ1) is 16.5. The van der Waals surface area contributed by atoms with Crippen molar-refractivity contribution in [1.82, 2.24) is 9.97 Å². The van der Waals surface area contributed by atoms with Crippen LogP contribution in [0, 0.1) is 0 Å². The second-order valence-corrected chi connectivity index (χ2v) is 12.2. The smallest absolute Gasteiger partial charge is 0.191 e. The molecule has 0 aliphatic heterocycles. The zero-order valence-corrected chi connectivity index (χ0v) is 15.3. The van der Waals surface area contributed by atoms with Gasteiger partial charge in [0.05, 0.1) is 5.52 Å². The van der Waals surface area contributed by atoms with Crippen molar-refractivity contribution in [1.29, 1.82) is 0 Å². The zero-order valence-electron chi connectivity index (χ0n) is 13.6. The van der Waals surface area contributed by atoms with Crippen molar-refractivity contribution >= 4 is 30.8 Å². The molecule has 0 aromatic carbocycles.